The van der Waals surface area contributed by atoms with E-state index >= 15 is 0 Å². The van der Waals surface area contributed by atoms with Crippen molar-refractivity contribution in [2.45, 2.75) is 62.5 Å². The van der Waals surface area contributed by atoms with Crippen molar-refractivity contribution < 1.29 is 13.2 Å². The first-order valence-electron chi connectivity index (χ1n) is 11.4. The lowest BCUT2D eigenvalue weighted by Crippen LogP contribution is -2.41. The Morgan fingerprint density at radius 1 is 1.06 bits per heavy atom. The van der Waals surface area contributed by atoms with E-state index in [-0.39, 0.29) is 17.3 Å². The van der Waals surface area contributed by atoms with Crippen LogP contribution in [0, 0.1) is 13.8 Å². The van der Waals surface area contributed by atoms with Crippen molar-refractivity contribution in [3.63, 3.8) is 0 Å². The fraction of sp³-hybridized carbons (Fsp3) is 0.480. The van der Waals surface area contributed by atoms with Gasteiger partial charge in [0.15, 0.2) is 0 Å². The Morgan fingerprint density at radius 3 is 2.50 bits per heavy atom. The summed E-state index contributed by atoms with van der Waals surface area (Å²) < 4.78 is 28.1. The van der Waals surface area contributed by atoms with Gasteiger partial charge in [-0.1, -0.05) is 49.6 Å². The average molecular weight is 475 g/mol. The number of hydrogen-bond donors (Lipinski definition) is 1. The number of carbonyl (C=O) groups is 1. The van der Waals surface area contributed by atoms with Crippen LogP contribution in [0.1, 0.15) is 49.7 Å². The van der Waals surface area contributed by atoms with Crippen LogP contribution in [-0.2, 0) is 14.8 Å². The number of hydrogen-bond acceptors (Lipinski definition) is 4. The molecule has 0 saturated heterocycles. The lowest BCUT2D eigenvalue weighted by atomic mass is 10.0. The molecule has 174 valence electrons. The molecule has 7 heteroatoms. The van der Waals surface area contributed by atoms with Crippen LogP contribution in [0.5, 0.6) is 0 Å². The zero-order valence-electron chi connectivity index (χ0n) is 19.0. The molecule has 1 aliphatic rings. The summed E-state index contributed by atoms with van der Waals surface area (Å²) in [7, 11) is -3.87. The third kappa shape index (κ3) is 6.75. The summed E-state index contributed by atoms with van der Waals surface area (Å²) in [6.07, 6.45) is 7.52. The Hall–Kier alpha value is -1.99. The van der Waals surface area contributed by atoms with E-state index in [1.165, 1.54) is 36.4 Å². The Morgan fingerprint density at radius 2 is 1.78 bits per heavy atom. The Balaban J connectivity index is 1.65. The molecular weight excluding hydrogens is 440 g/mol. The number of nitrogens with one attached hydrogen (secondary N) is 1. The second kappa shape index (κ2) is 11.8. The van der Waals surface area contributed by atoms with Gasteiger partial charge in [0.2, 0.25) is 5.91 Å². The second-order valence-electron chi connectivity index (χ2n) is 8.45. The van der Waals surface area contributed by atoms with Crippen LogP contribution in [0.4, 0.5) is 5.69 Å². The van der Waals surface area contributed by atoms with Crippen molar-refractivity contribution in [1.82, 2.24) is 5.32 Å². The molecule has 0 atom stereocenters. The number of carbonyl (C=O) groups excluding carboxylic acids is 1. The summed E-state index contributed by atoms with van der Waals surface area (Å²) in [4.78, 5) is 12.9. The second-order valence-corrected chi connectivity index (χ2v) is 11.7. The van der Waals surface area contributed by atoms with Gasteiger partial charge in [-0.25, -0.2) is 8.42 Å². The van der Waals surface area contributed by atoms with Gasteiger partial charge in [0, 0.05) is 11.8 Å². The fourth-order valence-electron chi connectivity index (χ4n) is 3.98. The van der Waals surface area contributed by atoms with Crippen LogP contribution >= 0.6 is 11.8 Å². The maximum Gasteiger partial charge on any atom is 0.264 e. The van der Waals surface area contributed by atoms with Gasteiger partial charge in [-0.15, -0.1) is 0 Å². The number of anilines is 1. The van der Waals surface area contributed by atoms with Gasteiger partial charge < -0.3 is 5.32 Å². The van der Waals surface area contributed by atoms with E-state index in [9.17, 15) is 13.2 Å². The number of sulfonamides is 1. The maximum atomic E-state index is 13.4. The molecule has 2 aromatic rings. The van der Waals surface area contributed by atoms with Crippen LogP contribution in [0.3, 0.4) is 0 Å². The molecule has 1 N–H and O–H groups in total. The zero-order valence-corrected chi connectivity index (χ0v) is 20.7. The quantitative estimate of drug-likeness (QED) is 0.488. The summed E-state index contributed by atoms with van der Waals surface area (Å²) in [5.74, 6) is 0.738. The van der Waals surface area contributed by atoms with E-state index in [0.29, 0.717) is 12.2 Å². The minimum Gasteiger partial charge on any atom is -0.354 e. The first kappa shape index (κ1) is 24.6. The number of amides is 1. The van der Waals surface area contributed by atoms with Gasteiger partial charge in [-0.3, -0.25) is 9.10 Å². The normalized spacial score (nSPS) is 14.8. The number of benzene rings is 2. The monoisotopic (exact) mass is 474 g/mol. The van der Waals surface area contributed by atoms with Crippen LogP contribution in [0.2, 0.25) is 0 Å². The van der Waals surface area contributed by atoms with Crippen LogP contribution in [0.15, 0.2) is 53.4 Å². The number of aryl methyl sites for hydroxylation is 2. The molecule has 0 aromatic heterocycles. The fourth-order valence-corrected chi connectivity index (χ4v) is 6.78. The van der Waals surface area contributed by atoms with Crippen molar-refractivity contribution >= 4 is 33.4 Å². The standard InChI is InChI=1S/C25H34N2O3S2/c1-20-14-15-21(2)24(18-20)27(32(29,30)23-12-7-4-8-13-23)19-25(28)26-16-9-17-31-22-10-5-3-6-11-22/h4,7-8,12-15,18,22H,3,5-6,9-11,16-17,19H2,1-2H3,(H,26,28). The van der Waals surface area contributed by atoms with Gasteiger partial charge in [-0.2, -0.15) is 11.8 Å². The third-order valence-electron chi connectivity index (χ3n) is 5.80. The smallest absolute Gasteiger partial charge is 0.264 e. The minimum atomic E-state index is -3.87. The average Bonchev–Trinajstić information content (AvgIpc) is 2.80. The summed E-state index contributed by atoms with van der Waals surface area (Å²) >= 11 is 2.01. The van der Waals surface area contributed by atoms with Gasteiger partial charge in [-0.05, 0) is 68.2 Å². The predicted octanol–water partition coefficient (Wildman–Crippen LogP) is 5.07. The van der Waals surface area contributed by atoms with Gasteiger partial charge in [0.05, 0.1) is 10.6 Å². The van der Waals surface area contributed by atoms with E-state index < -0.39 is 10.0 Å². The highest BCUT2D eigenvalue weighted by Gasteiger charge is 2.28. The Kier molecular flexibility index (Phi) is 9.05. The molecule has 0 bridgehead atoms. The van der Waals surface area contributed by atoms with Crippen LogP contribution < -0.4 is 9.62 Å². The molecular formula is C25H34N2O3S2. The molecule has 1 aliphatic carbocycles. The molecule has 0 heterocycles. The number of thioether (sulfide) groups is 1. The molecule has 5 nitrogen and oxygen atoms in total. The van der Waals surface area contributed by atoms with E-state index in [1.807, 2.05) is 43.8 Å². The first-order chi connectivity index (χ1) is 15.4. The highest BCUT2D eigenvalue weighted by molar-refractivity contribution is 7.99. The molecule has 0 spiro atoms. The van der Waals surface area contributed by atoms with E-state index in [2.05, 4.69) is 5.32 Å². The summed E-state index contributed by atoms with van der Waals surface area (Å²) in [6, 6.07) is 13.9. The molecule has 0 radical (unpaired) electrons. The minimum absolute atomic E-state index is 0.178. The molecule has 1 fully saturated rings. The SMILES string of the molecule is Cc1ccc(C)c(N(CC(=O)NCCCSC2CCCCC2)S(=O)(=O)c2ccccc2)c1. The predicted molar refractivity (Wildman–Crippen MR) is 134 cm³/mol. The van der Waals surface area contributed by atoms with Crippen LogP contribution in [-0.4, -0.2) is 38.4 Å². The number of rotatable bonds is 10. The van der Waals surface area contributed by atoms with Crippen molar-refractivity contribution in [3.8, 4) is 0 Å². The third-order valence-corrected chi connectivity index (χ3v) is 9.04. The molecule has 1 amide bonds. The summed E-state index contributed by atoms with van der Waals surface area (Å²) in [6.45, 7) is 4.10. The lowest BCUT2D eigenvalue weighted by molar-refractivity contribution is -0.119. The molecule has 1 saturated carbocycles. The summed E-state index contributed by atoms with van der Waals surface area (Å²) in [5, 5.41) is 3.68. The van der Waals surface area contributed by atoms with Gasteiger partial charge in [0.1, 0.15) is 6.54 Å². The zero-order chi connectivity index (χ0) is 23.0. The molecule has 32 heavy (non-hydrogen) atoms. The van der Waals surface area contributed by atoms with E-state index in [1.54, 1.807) is 30.3 Å². The molecule has 2 aromatic carbocycles. The first-order valence-corrected chi connectivity index (χ1v) is 13.9. The maximum absolute atomic E-state index is 13.4. The van der Waals surface area contributed by atoms with Crippen molar-refractivity contribution in [1.29, 1.82) is 0 Å². The highest BCUT2D eigenvalue weighted by atomic mass is 32.2. The van der Waals surface area contributed by atoms with Crippen molar-refractivity contribution in [2.24, 2.45) is 0 Å². The Bertz CT molecular complexity index is 988. The summed E-state index contributed by atoms with van der Waals surface area (Å²) in [5.41, 5.74) is 2.29. The number of nitrogens with zero attached hydrogens (tertiary/aromatic N) is 1. The van der Waals surface area contributed by atoms with Crippen molar-refractivity contribution in [3.05, 3.63) is 59.7 Å². The van der Waals surface area contributed by atoms with Crippen LogP contribution in [0.25, 0.3) is 0 Å². The molecule has 0 unspecified atom stereocenters. The molecule has 3 rings (SSSR count). The topological polar surface area (TPSA) is 66.5 Å². The largest absolute Gasteiger partial charge is 0.354 e. The van der Waals surface area contributed by atoms with Crippen molar-refractivity contribution in [2.75, 3.05) is 23.1 Å². The Labute approximate surface area is 197 Å². The molecule has 0 aliphatic heterocycles. The van der Waals surface area contributed by atoms with Gasteiger partial charge in [0.25, 0.3) is 10.0 Å². The highest BCUT2D eigenvalue weighted by Crippen LogP contribution is 2.29. The van der Waals surface area contributed by atoms with Gasteiger partial charge >= 0.3 is 0 Å². The lowest BCUT2D eigenvalue weighted by Gasteiger charge is -2.26. The van der Waals surface area contributed by atoms with E-state index in [0.717, 1.165) is 28.6 Å². The van der Waals surface area contributed by atoms with E-state index in [4.69, 9.17) is 0 Å².